The minimum atomic E-state index is -0.274. The number of thioether (sulfide) groups is 1. The zero-order valence-electron chi connectivity index (χ0n) is 15.1. The molecule has 0 N–H and O–H groups in total. The molecule has 6 nitrogen and oxygen atoms in total. The van der Waals surface area contributed by atoms with Crippen LogP contribution in [0.25, 0.3) is 11.4 Å². The number of aromatic nitrogens is 2. The van der Waals surface area contributed by atoms with Gasteiger partial charge in [0.25, 0.3) is 0 Å². The molecule has 0 radical (unpaired) electrons. The Hall–Kier alpha value is -2.71. The summed E-state index contributed by atoms with van der Waals surface area (Å²) in [6.45, 7) is 2.91. The Labute approximate surface area is 174 Å². The maximum Gasteiger partial charge on any atom is 0.245 e. The molecule has 0 aliphatic carbocycles. The summed E-state index contributed by atoms with van der Waals surface area (Å²) >= 11 is 4.75. The van der Waals surface area contributed by atoms with Crippen LogP contribution in [0.4, 0.5) is 5.82 Å². The number of hydrazone groups is 1. The molecule has 0 spiro atoms. The van der Waals surface area contributed by atoms with Gasteiger partial charge in [0, 0.05) is 29.4 Å². The van der Waals surface area contributed by atoms with Gasteiger partial charge in [-0.2, -0.15) is 10.1 Å². The summed E-state index contributed by atoms with van der Waals surface area (Å²) in [5.74, 6) is 0.404. The van der Waals surface area contributed by atoms with Crippen molar-refractivity contribution < 1.29 is 9.59 Å². The number of carbonyl (C=O) groups excluding carboxylic acids is 2. The van der Waals surface area contributed by atoms with Crippen LogP contribution in [0.2, 0.25) is 0 Å². The number of rotatable bonds is 2. The van der Waals surface area contributed by atoms with E-state index < -0.39 is 0 Å². The predicted octanol–water partition coefficient (Wildman–Crippen LogP) is 4.79. The number of hydrogen-bond donors (Lipinski definition) is 0. The molecule has 0 unspecified atom stereocenters. The van der Waals surface area contributed by atoms with E-state index in [4.69, 9.17) is 0 Å². The number of fused-ring (bicyclic) bond motifs is 1. The highest BCUT2D eigenvalue weighted by Crippen LogP contribution is 2.40. The van der Waals surface area contributed by atoms with Crippen molar-refractivity contribution in [3.05, 3.63) is 64.6 Å². The van der Waals surface area contributed by atoms with Gasteiger partial charge in [0.2, 0.25) is 11.8 Å². The maximum atomic E-state index is 12.5. The lowest BCUT2D eigenvalue weighted by molar-refractivity contribution is -0.116. The van der Waals surface area contributed by atoms with Crippen LogP contribution in [0, 0.1) is 0 Å². The summed E-state index contributed by atoms with van der Waals surface area (Å²) in [5.41, 5.74) is 1.64. The fourth-order valence-electron chi connectivity index (χ4n) is 2.88. The Morgan fingerprint density at radius 3 is 2.21 bits per heavy atom. The largest absolute Gasteiger partial charge is 0.274 e. The van der Waals surface area contributed by atoms with E-state index >= 15 is 0 Å². The van der Waals surface area contributed by atoms with Gasteiger partial charge in [-0.15, -0.1) is 0 Å². The lowest BCUT2D eigenvalue weighted by atomic mass is 10.2. The molecule has 0 fully saturated rings. The quantitative estimate of drug-likeness (QED) is 0.557. The van der Waals surface area contributed by atoms with Gasteiger partial charge in [-0.05, 0) is 23.9 Å². The Morgan fingerprint density at radius 2 is 1.61 bits per heavy atom. The molecular formula is C20H15BrN4O2S. The first-order chi connectivity index (χ1) is 13.5. The van der Waals surface area contributed by atoms with Gasteiger partial charge in [0.05, 0.1) is 0 Å². The molecule has 0 saturated heterocycles. The fraction of sp³-hybridized carbons (Fsp3) is 0.100. The minimum Gasteiger partial charge on any atom is -0.274 e. The highest BCUT2D eigenvalue weighted by Gasteiger charge is 2.32. The second-order valence-electron chi connectivity index (χ2n) is 6.13. The van der Waals surface area contributed by atoms with Crippen LogP contribution in [-0.4, -0.2) is 26.4 Å². The zero-order valence-corrected chi connectivity index (χ0v) is 17.5. The van der Waals surface area contributed by atoms with Crippen molar-refractivity contribution >= 4 is 50.4 Å². The lowest BCUT2D eigenvalue weighted by Gasteiger charge is -2.21. The Balaban J connectivity index is 1.90. The number of carbonyl (C=O) groups is 2. The van der Waals surface area contributed by atoms with Gasteiger partial charge >= 0.3 is 0 Å². The number of imidazole rings is 1. The van der Waals surface area contributed by atoms with E-state index in [1.54, 1.807) is 4.57 Å². The maximum absolute atomic E-state index is 12.5. The Morgan fingerprint density at radius 1 is 0.929 bits per heavy atom. The van der Waals surface area contributed by atoms with Gasteiger partial charge in [0.15, 0.2) is 5.82 Å². The molecule has 0 saturated carbocycles. The predicted molar refractivity (Wildman–Crippen MR) is 114 cm³/mol. The molecule has 8 heteroatoms. The molecule has 1 aliphatic heterocycles. The zero-order chi connectivity index (χ0) is 19.8. The number of amides is 1. The van der Waals surface area contributed by atoms with Crippen LogP contribution in [0.1, 0.15) is 24.2 Å². The third kappa shape index (κ3) is 3.29. The van der Waals surface area contributed by atoms with Crippen LogP contribution < -0.4 is 5.01 Å². The lowest BCUT2D eigenvalue weighted by Crippen LogP contribution is -2.28. The molecule has 2 aromatic carbocycles. The summed E-state index contributed by atoms with van der Waals surface area (Å²) in [6, 6.07) is 17.1. The molecule has 4 rings (SSSR count). The van der Waals surface area contributed by atoms with Crippen molar-refractivity contribution in [2.75, 3.05) is 5.01 Å². The second-order valence-corrected chi connectivity index (χ2v) is 8.02. The topological polar surface area (TPSA) is 67.6 Å². The van der Waals surface area contributed by atoms with Gasteiger partial charge < -0.3 is 0 Å². The SMILES string of the molecule is CC(=O)N1N=C(c2ccc(Br)cc2)Sc2c1nc(-c1ccccc1)n2C(C)=O. The second kappa shape index (κ2) is 7.37. The molecule has 3 aromatic rings. The van der Waals surface area contributed by atoms with E-state index in [0.29, 0.717) is 21.7 Å². The summed E-state index contributed by atoms with van der Waals surface area (Å²) < 4.78 is 2.49. The van der Waals surface area contributed by atoms with E-state index in [2.05, 4.69) is 26.0 Å². The monoisotopic (exact) mass is 454 g/mol. The standard InChI is InChI=1S/C20H15BrN4O2S/c1-12(26)24-17(14-6-4-3-5-7-14)22-18-20(24)28-19(23-25(18)13(2)27)15-8-10-16(21)11-9-15/h3-11H,1-2H3. The average molecular weight is 455 g/mol. The van der Waals surface area contributed by atoms with Gasteiger partial charge in [0.1, 0.15) is 15.9 Å². The van der Waals surface area contributed by atoms with E-state index in [1.807, 2.05) is 54.6 Å². The van der Waals surface area contributed by atoms with E-state index in [1.165, 1.54) is 30.6 Å². The fourth-order valence-corrected chi connectivity index (χ4v) is 4.23. The molecule has 1 aromatic heterocycles. The summed E-state index contributed by atoms with van der Waals surface area (Å²) in [5, 5.41) is 6.95. The molecule has 0 atom stereocenters. The summed E-state index contributed by atoms with van der Waals surface area (Å²) in [4.78, 5) is 29.4. The highest BCUT2D eigenvalue weighted by atomic mass is 79.9. The molecule has 28 heavy (non-hydrogen) atoms. The summed E-state index contributed by atoms with van der Waals surface area (Å²) in [7, 11) is 0. The molecule has 2 heterocycles. The number of halogens is 1. The first kappa shape index (κ1) is 18.6. The minimum absolute atomic E-state index is 0.180. The smallest absolute Gasteiger partial charge is 0.245 e. The van der Waals surface area contributed by atoms with Crippen molar-refractivity contribution in [3.8, 4) is 11.4 Å². The van der Waals surface area contributed by atoms with E-state index in [9.17, 15) is 9.59 Å². The number of anilines is 1. The van der Waals surface area contributed by atoms with Crippen LogP contribution in [0.3, 0.4) is 0 Å². The van der Waals surface area contributed by atoms with Gasteiger partial charge in [-0.3, -0.25) is 14.2 Å². The van der Waals surface area contributed by atoms with Crippen molar-refractivity contribution in [3.63, 3.8) is 0 Å². The van der Waals surface area contributed by atoms with Crippen molar-refractivity contribution in [2.24, 2.45) is 5.10 Å². The van der Waals surface area contributed by atoms with E-state index in [-0.39, 0.29) is 11.8 Å². The molecule has 1 aliphatic rings. The molecule has 0 bridgehead atoms. The average Bonchev–Trinajstić information content (AvgIpc) is 3.08. The third-order valence-corrected chi connectivity index (χ3v) is 5.74. The number of benzene rings is 2. The highest BCUT2D eigenvalue weighted by molar-refractivity contribution is 9.10. The summed E-state index contributed by atoms with van der Waals surface area (Å²) in [6.07, 6.45) is 0. The van der Waals surface area contributed by atoms with Crippen molar-refractivity contribution in [2.45, 2.75) is 18.9 Å². The van der Waals surface area contributed by atoms with E-state index in [0.717, 1.165) is 15.6 Å². The van der Waals surface area contributed by atoms with Crippen molar-refractivity contribution in [1.29, 1.82) is 0 Å². The van der Waals surface area contributed by atoms with Gasteiger partial charge in [-0.1, -0.05) is 58.4 Å². The first-order valence-electron chi connectivity index (χ1n) is 8.48. The van der Waals surface area contributed by atoms with Crippen LogP contribution in [-0.2, 0) is 4.79 Å². The number of hydrogen-bond acceptors (Lipinski definition) is 5. The first-order valence-corrected chi connectivity index (χ1v) is 10.1. The number of nitrogens with zero attached hydrogens (tertiary/aromatic N) is 4. The van der Waals surface area contributed by atoms with Gasteiger partial charge in [-0.25, -0.2) is 4.98 Å². The van der Waals surface area contributed by atoms with Crippen LogP contribution in [0.15, 0.2) is 69.2 Å². The Bertz CT molecular complexity index is 1110. The van der Waals surface area contributed by atoms with Crippen molar-refractivity contribution in [1.82, 2.24) is 9.55 Å². The normalized spacial score (nSPS) is 13.1. The van der Waals surface area contributed by atoms with Crippen LogP contribution >= 0.6 is 27.7 Å². The van der Waals surface area contributed by atoms with Crippen LogP contribution in [0.5, 0.6) is 0 Å². The Kier molecular flexibility index (Phi) is 4.91. The molecular weight excluding hydrogens is 440 g/mol. The molecule has 140 valence electrons. The molecule has 1 amide bonds. The third-order valence-electron chi connectivity index (χ3n) is 4.14.